The van der Waals surface area contributed by atoms with Crippen LogP contribution in [0.2, 0.25) is 0 Å². The largest absolute Gasteiger partial charge is 0.477 e. The molecule has 100 valence electrons. The summed E-state index contributed by atoms with van der Waals surface area (Å²) in [4.78, 5) is 15.6. The number of carboxylic acid groups (broad SMARTS) is 1. The number of carbonyl (C=O) groups is 1. The van der Waals surface area contributed by atoms with Crippen molar-refractivity contribution in [3.8, 4) is 10.6 Å². The third-order valence-electron chi connectivity index (χ3n) is 3.09. The lowest BCUT2D eigenvalue weighted by Gasteiger charge is -2.04. The Hall–Kier alpha value is -2.27. The van der Waals surface area contributed by atoms with Gasteiger partial charge in [0.25, 0.3) is 0 Å². The Balaban J connectivity index is 2.28. The molecule has 0 unspecified atom stereocenters. The van der Waals surface area contributed by atoms with E-state index in [1.165, 1.54) is 6.07 Å². The number of thiazole rings is 1. The first-order valence-corrected chi connectivity index (χ1v) is 6.78. The lowest BCUT2D eigenvalue weighted by Crippen LogP contribution is -1.94. The summed E-state index contributed by atoms with van der Waals surface area (Å²) < 4.78 is 13.8. The molecule has 0 spiro atoms. The SMILES string of the molecule is Cc1nc(-c2ccc(F)c3ccccc23)sc1C(=O)O. The average Bonchev–Trinajstić information content (AvgIpc) is 2.81. The normalized spacial score (nSPS) is 10.9. The first-order chi connectivity index (χ1) is 9.58. The van der Waals surface area contributed by atoms with Crippen LogP contribution in [0.1, 0.15) is 15.4 Å². The number of aromatic carboxylic acids is 1. The van der Waals surface area contributed by atoms with Crippen LogP contribution in [-0.4, -0.2) is 16.1 Å². The lowest BCUT2D eigenvalue weighted by molar-refractivity contribution is 0.0701. The predicted molar refractivity (Wildman–Crippen MR) is 76.7 cm³/mol. The zero-order valence-corrected chi connectivity index (χ0v) is 11.4. The zero-order valence-electron chi connectivity index (χ0n) is 10.6. The number of aryl methyl sites for hydroxylation is 1. The minimum atomic E-state index is -0.988. The zero-order chi connectivity index (χ0) is 14.3. The van der Waals surface area contributed by atoms with E-state index < -0.39 is 5.97 Å². The van der Waals surface area contributed by atoms with Gasteiger partial charge in [0, 0.05) is 10.9 Å². The van der Waals surface area contributed by atoms with Gasteiger partial charge in [0.2, 0.25) is 0 Å². The summed E-state index contributed by atoms with van der Waals surface area (Å²) >= 11 is 1.11. The third kappa shape index (κ3) is 1.96. The molecule has 0 bridgehead atoms. The summed E-state index contributed by atoms with van der Waals surface area (Å²) in [6.07, 6.45) is 0. The highest BCUT2D eigenvalue weighted by Gasteiger charge is 2.17. The van der Waals surface area contributed by atoms with Crippen molar-refractivity contribution in [3.63, 3.8) is 0 Å². The van der Waals surface area contributed by atoms with E-state index in [9.17, 15) is 9.18 Å². The van der Waals surface area contributed by atoms with E-state index in [0.717, 1.165) is 22.3 Å². The number of nitrogens with zero attached hydrogens (tertiary/aromatic N) is 1. The van der Waals surface area contributed by atoms with E-state index in [-0.39, 0.29) is 10.7 Å². The van der Waals surface area contributed by atoms with Crippen molar-refractivity contribution in [2.75, 3.05) is 0 Å². The molecule has 3 aromatic rings. The molecule has 0 aliphatic rings. The maximum absolute atomic E-state index is 13.8. The summed E-state index contributed by atoms with van der Waals surface area (Å²) in [5.74, 6) is -1.28. The van der Waals surface area contributed by atoms with Crippen LogP contribution in [0.5, 0.6) is 0 Å². The number of hydrogen-bond donors (Lipinski definition) is 1. The van der Waals surface area contributed by atoms with Gasteiger partial charge in [0.15, 0.2) is 0 Å². The molecule has 0 amide bonds. The van der Waals surface area contributed by atoms with Crippen LogP contribution in [0, 0.1) is 12.7 Å². The Morgan fingerprint density at radius 2 is 1.90 bits per heavy atom. The van der Waals surface area contributed by atoms with Gasteiger partial charge in [-0.2, -0.15) is 0 Å². The summed E-state index contributed by atoms with van der Waals surface area (Å²) in [5.41, 5.74) is 1.23. The van der Waals surface area contributed by atoms with E-state index in [0.29, 0.717) is 16.1 Å². The molecule has 0 radical (unpaired) electrons. The molecule has 1 heterocycles. The number of fused-ring (bicyclic) bond motifs is 1. The molecular weight excluding hydrogens is 277 g/mol. The third-order valence-corrected chi connectivity index (χ3v) is 4.27. The van der Waals surface area contributed by atoms with Crippen molar-refractivity contribution in [1.82, 2.24) is 4.98 Å². The van der Waals surface area contributed by atoms with Crippen molar-refractivity contribution >= 4 is 28.1 Å². The Morgan fingerprint density at radius 3 is 2.55 bits per heavy atom. The molecule has 20 heavy (non-hydrogen) atoms. The van der Waals surface area contributed by atoms with Gasteiger partial charge < -0.3 is 5.11 Å². The minimum Gasteiger partial charge on any atom is -0.477 e. The van der Waals surface area contributed by atoms with Crippen LogP contribution >= 0.6 is 11.3 Å². The van der Waals surface area contributed by atoms with Crippen molar-refractivity contribution in [2.45, 2.75) is 6.92 Å². The van der Waals surface area contributed by atoms with Gasteiger partial charge in [-0.25, -0.2) is 14.2 Å². The summed E-state index contributed by atoms with van der Waals surface area (Å²) in [7, 11) is 0. The lowest BCUT2D eigenvalue weighted by atomic mass is 10.0. The van der Waals surface area contributed by atoms with Crippen molar-refractivity contribution < 1.29 is 14.3 Å². The molecule has 0 saturated carbocycles. The highest BCUT2D eigenvalue weighted by atomic mass is 32.1. The van der Waals surface area contributed by atoms with Crippen LogP contribution in [-0.2, 0) is 0 Å². The fourth-order valence-electron chi connectivity index (χ4n) is 2.16. The van der Waals surface area contributed by atoms with Crippen LogP contribution in [0.3, 0.4) is 0 Å². The summed E-state index contributed by atoms with van der Waals surface area (Å²) in [5, 5.41) is 10.9. The van der Waals surface area contributed by atoms with Gasteiger partial charge in [0.05, 0.1) is 5.69 Å². The predicted octanol–water partition coefficient (Wildman–Crippen LogP) is 4.11. The Labute approximate surface area is 118 Å². The highest BCUT2D eigenvalue weighted by molar-refractivity contribution is 7.17. The van der Waals surface area contributed by atoms with Gasteiger partial charge in [0.1, 0.15) is 15.7 Å². The van der Waals surface area contributed by atoms with E-state index in [1.54, 1.807) is 25.1 Å². The molecule has 0 aliphatic heterocycles. The van der Waals surface area contributed by atoms with Crippen molar-refractivity contribution in [3.05, 3.63) is 52.8 Å². The molecular formula is C15H10FNO2S. The highest BCUT2D eigenvalue weighted by Crippen LogP contribution is 2.34. The fraction of sp³-hybridized carbons (Fsp3) is 0.0667. The first-order valence-electron chi connectivity index (χ1n) is 5.96. The first kappa shape index (κ1) is 12.7. The van der Waals surface area contributed by atoms with Crippen LogP contribution in [0.15, 0.2) is 36.4 Å². The molecule has 2 aromatic carbocycles. The number of halogens is 1. The second-order valence-electron chi connectivity index (χ2n) is 4.38. The quantitative estimate of drug-likeness (QED) is 0.771. The Kier molecular flexibility index (Phi) is 2.99. The average molecular weight is 287 g/mol. The molecule has 0 fully saturated rings. The minimum absolute atomic E-state index is 0.216. The summed E-state index contributed by atoms with van der Waals surface area (Å²) in [6.45, 7) is 1.66. The second-order valence-corrected chi connectivity index (χ2v) is 5.38. The molecule has 0 atom stereocenters. The van der Waals surface area contributed by atoms with E-state index >= 15 is 0 Å². The smallest absolute Gasteiger partial charge is 0.347 e. The van der Waals surface area contributed by atoms with Gasteiger partial charge in [-0.05, 0) is 24.4 Å². The topological polar surface area (TPSA) is 50.2 Å². The molecule has 3 rings (SSSR count). The van der Waals surface area contributed by atoms with Crippen molar-refractivity contribution in [1.29, 1.82) is 0 Å². The number of aromatic nitrogens is 1. The number of benzene rings is 2. The van der Waals surface area contributed by atoms with Crippen LogP contribution < -0.4 is 0 Å². The molecule has 0 saturated heterocycles. The van der Waals surface area contributed by atoms with Gasteiger partial charge in [-0.1, -0.05) is 24.3 Å². The standard InChI is InChI=1S/C15H10FNO2S/c1-8-13(15(18)19)20-14(17-8)11-6-7-12(16)10-5-3-2-4-9(10)11/h2-7H,1H3,(H,18,19). The molecule has 3 nitrogen and oxygen atoms in total. The summed E-state index contributed by atoms with van der Waals surface area (Å²) in [6, 6.07) is 10.1. The molecule has 5 heteroatoms. The maximum Gasteiger partial charge on any atom is 0.347 e. The van der Waals surface area contributed by atoms with Gasteiger partial charge >= 0.3 is 5.97 Å². The van der Waals surface area contributed by atoms with E-state index in [4.69, 9.17) is 5.11 Å². The molecule has 1 N–H and O–H groups in total. The van der Waals surface area contributed by atoms with Gasteiger partial charge in [-0.3, -0.25) is 0 Å². The monoisotopic (exact) mass is 287 g/mol. The molecule has 0 aliphatic carbocycles. The number of rotatable bonds is 2. The molecule has 1 aromatic heterocycles. The fourth-order valence-corrected chi connectivity index (χ4v) is 3.10. The van der Waals surface area contributed by atoms with E-state index in [2.05, 4.69) is 4.98 Å². The van der Waals surface area contributed by atoms with Crippen LogP contribution in [0.25, 0.3) is 21.3 Å². The second kappa shape index (κ2) is 4.68. The van der Waals surface area contributed by atoms with Gasteiger partial charge in [-0.15, -0.1) is 11.3 Å². The number of carboxylic acids is 1. The number of hydrogen-bond acceptors (Lipinski definition) is 3. The van der Waals surface area contributed by atoms with Crippen LogP contribution in [0.4, 0.5) is 4.39 Å². The Bertz CT molecular complexity index is 826. The van der Waals surface area contributed by atoms with E-state index in [1.807, 2.05) is 12.1 Å². The Morgan fingerprint density at radius 1 is 1.20 bits per heavy atom. The maximum atomic E-state index is 13.8. The van der Waals surface area contributed by atoms with Crippen molar-refractivity contribution in [2.24, 2.45) is 0 Å².